The molecule has 1 N–H and O–H groups in total. The van der Waals surface area contributed by atoms with Crippen LogP contribution in [-0.4, -0.2) is 22.5 Å². The molecule has 0 aliphatic heterocycles. The van der Waals surface area contributed by atoms with Crippen molar-refractivity contribution in [1.29, 1.82) is 0 Å². The molecule has 0 radical (unpaired) electrons. The van der Waals surface area contributed by atoms with Gasteiger partial charge in [-0.2, -0.15) is 0 Å². The van der Waals surface area contributed by atoms with E-state index in [2.05, 4.69) is 5.32 Å². The zero-order valence-corrected chi connectivity index (χ0v) is 15.9. The summed E-state index contributed by atoms with van der Waals surface area (Å²) < 4.78 is 6.06. The summed E-state index contributed by atoms with van der Waals surface area (Å²) in [5.41, 5.74) is -0.681. The topological polar surface area (TPSA) is 103 Å². The van der Waals surface area contributed by atoms with Crippen LogP contribution in [0.25, 0.3) is 0 Å². The molecule has 0 aliphatic carbocycles. The van der Waals surface area contributed by atoms with Crippen molar-refractivity contribution in [3.05, 3.63) is 67.6 Å². The molecule has 0 unspecified atom stereocenters. The Balaban J connectivity index is 2.22. The van der Waals surface area contributed by atoms with Crippen LogP contribution in [0.15, 0.2) is 41.3 Å². The normalized spacial score (nSPS) is 11.9. The van der Waals surface area contributed by atoms with Gasteiger partial charge in [-0.3, -0.25) is 24.3 Å². The maximum atomic E-state index is 12.5. The molecule has 2 aromatic rings. The summed E-state index contributed by atoms with van der Waals surface area (Å²) in [5.74, 6) is 0.321. The Bertz CT molecular complexity index is 893. The zero-order chi connectivity index (χ0) is 20.1. The maximum Gasteiger partial charge on any atom is 0.335 e. The number of amides is 1. The van der Waals surface area contributed by atoms with Crippen LogP contribution >= 0.6 is 11.6 Å². The van der Waals surface area contributed by atoms with E-state index in [1.807, 2.05) is 26.0 Å². The van der Waals surface area contributed by atoms with E-state index >= 15 is 0 Å². The van der Waals surface area contributed by atoms with Gasteiger partial charge in [-0.15, -0.1) is 0 Å². The van der Waals surface area contributed by atoms with Crippen molar-refractivity contribution in [1.82, 2.24) is 9.88 Å². The van der Waals surface area contributed by atoms with Gasteiger partial charge in [-0.25, -0.2) is 0 Å². The number of ether oxygens (including phenoxy) is 1. The van der Waals surface area contributed by atoms with Crippen LogP contribution in [0.2, 0.25) is 5.02 Å². The van der Waals surface area contributed by atoms with Crippen molar-refractivity contribution in [2.45, 2.75) is 26.4 Å². The molecular formula is C18H20ClN3O5. The molecule has 27 heavy (non-hydrogen) atoms. The highest BCUT2D eigenvalue weighted by Crippen LogP contribution is 2.24. The lowest BCUT2D eigenvalue weighted by Gasteiger charge is -2.23. The van der Waals surface area contributed by atoms with E-state index in [9.17, 15) is 19.7 Å². The Morgan fingerprint density at radius 1 is 1.33 bits per heavy atom. The first kappa shape index (κ1) is 20.4. The number of aromatic nitrogens is 1. The summed E-state index contributed by atoms with van der Waals surface area (Å²) in [7, 11) is 1.57. The van der Waals surface area contributed by atoms with Gasteiger partial charge >= 0.3 is 11.2 Å². The molecule has 1 atom stereocenters. The molecule has 0 saturated carbocycles. The van der Waals surface area contributed by atoms with Crippen molar-refractivity contribution in [3.63, 3.8) is 0 Å². The summed E-state index contributed by atoms with van der Waals surface area (Å²) >= 11 is 5.82. The highest BCUT2D eigenvalue weighted by Gasteiger charge is 2.21. The quantitative estimate of drug-likeness (QED) is 0.575. The van der Waals surface area contributed by atoms with Crippen molar-refractivity contribution in [3.8, 4) is 5.75 Å². The minimum atomic E-state index is -0.884. The van der Waals surface area contributed by atoms with E-state index in [0.29, 0.717) is 5.75 Å². The number of carbonyl (C=O) groups excluding carboxylic acids is 1. The van der Waals surface area contributed by atoms with Gasteiger partial charge < -0.3 is 10.1 Å². The van der Waals surface area contributed by atoms with E-state index in [1.165, 1.54) is 6.20 Å². The van der Waals surface area contributed by atoms with Gasteiger partial charge in [0.15, 0.2) is 0 Å². The van der Waals surface area contributed by atoms with Crippen LogP contribution in [-0.2, 0) is 11.3 Å². The number of methoxy groups -OCH3 is 1. The molecule has 8 nitrogen and oxygen atoms in total. The third-order valence-electron chi connectivity index (χ3n) is 4.00. The van der Waals surface area contributed by atoms with E-state index in [4.69, 9.17) is 16.3 Å². The minimum Gasteiger partial charge on any atom is -0.497 e. The summed E-state index contributed by atoms with van der Waals surface area (Å²) in [6.45, 7) is 3.52. The second-order valence-electron chi connectivity index (χ2n) is 6.30. The van der Waals surface area contributed by atoms with E-state index < -0.39 is 22.1 Å². The van der Waals surface area contributed by atoms with Gasteiger partial charge in [0.25, 0.3) is 0 Å². The molecule has 1 amide bonds. The first-order valence-corrected chi connectivity index (χ1v) is 8.58. The number of benzene rings is 1. The van der Waals surface area contributed by atoms with Crippen molar-refractivity contribution in [2.24, 2.45) is 5.92 Å². The minimum absolute atomic E-state index is 0.00432. The van der Waals surface area contributed by atoms with Gasteiger partial charge in [0, 0.05) is 12.3 Å². The van der Waals surface area contributed by atoms with Crippen LogP contribution in [0.5, 0.6) is 5.75 Å². The molecule has 1 aromatic carbocycles. The Hall–Kier alpha value is -2.87. The molecular weight excluding hydrogens is 374 g/mol. The lowest BCUT2D eigenvalue weighted by Crippen LogP contribution is -2.36. The van der Waals surface area contributed by atoms with E-state index in [1.54, 1.807) is 19.2 Å². The molecule has 0 aliphatic rings. The first-order valence-electron chi connectivity index (χ1n) is 8.20. The third-order valence-corrected chi connectivity index (χ3v) is 4.21. The third kappa shape index (κ3) is 5.07. The molecule has 0 spiro atoms. The summed E-state index contributed by atoms with van der Waals surface area (Å²) in [4.78, 5) is 34.7. The van der Waals surface area contributed by atoms with Crippen LogP contribution in [0.4, 0.5) is 5.69 Å². The van der Waals surface area contributed by atoms with Gasteiger partial charge in [-0.05, 0) is 23.6 Å². The molecule has 0 fully saturated rings. The van der Waals surface area contributed by atoms with E-state index in [-0.39, 0.29) is 23.5 Å². The molecule has 9 heteroatoms. The fraction of sp³-hybridized carbons (Fsp3) is 0.333. The second kappa shape index (κ2) is 8.68. The zero-order valence-electron chi connectivity index (χ0n) is 15.1. The van der Waals surface area contributed by atoms with Crippen molar-refractivity contribution < 1.29 is 14.5 Å². The lowest BCUT2D eigenvalue weighted by molar-refractivity contribution is -0.386. The standard InChI is InChI=1S/C18H20ClN3O5/c1-11(2)17(12-4-6-14(27-3)7-5-12)20-16(23)10-21-9-13(19)8-15(18(21)24)22(25)26/h4-9,11,17H,10H2,1-3H3,(H,20,23)/t17-/m0/s1. The smallest absolute Gasteiger partial charge is 0.335 e. The molecule has 2 rings (SSSR count). The van der Waals surface area contributed by atoms with Crippen LogP contribution in [0.1, 0.15) is 25.5 Å². The Morgan fingerprint density at radius 3 is 2.48 bits per heavy atom. The molecule has 144 valence electrons. The fourth-order valence-electron chi connectivity index (χ4n) is 2.65. The van der Waals surface area contributed by atoms with Gasteiger partial charge in [0.1, 0.15) is 12.3 Å². The Labute approximate surface area is 160 Å². The molecule has 0 bridgehead atoms. The van der Waals surface area contributed by atoms with Gasteiger partial charge in [0.2, 0.25) is 5.91 Å². The number of pyridine rings is 1. The largest absolute Gasteiger partial charge is 0.497 e. The monoisotopic (exact) mass is 393 g/mol. The van der Waals surface area contributed by atoms with E-state index in [0.717, 1.165) is 16.2 Å². The summed E-state index contributed by atoms with van der Waals surface area (Å²) in [6, 6.07) is 7.95. The molecule has 1 heterocycles. The SMILES string of the molecule is COc1ccc([C@@H](NC(=O)Cn2cc(Cl)cc([N+](=O)[O-])c2=O)C(C)C)cc1. The van der Waals surface area contributed by atoms with Gasteiger partial charge in [0.05, 0.1) is 23.1 Å². The summed E-state index contributed by atoms with van der Waals surface area (Å²) in [5, 5.41) is 13.8. The highest BCUT2D eigenvalue weighted by atomic mass is 35.5. The van der Waals surface area contributed by atoms with Crippen molar-refractivity contribution in [2.75, 3.05) is 7.11 Å². The second-order valence-corrected chi connectivity index (χ2v) is 6.73. The Morgan fingerprint density at radius 2 is 1.96 bits per heavy atom. The van der Waals surface area contributed by atoms with Crippen LogP contribution < -0.4 is 15.6 Å². The van der Waals surface area contributed by atoms with Crippen LogP contribution in [0.3, 0.4) is 0 Å². The molecule has 0 saturated heterocycles. The Kier molecular flexibility index (Phi) is 6.57. The maximum absolute atomic E-state index is 12.5. The lowest BCUT2D eigenvalue weighted by atomic mass is 9.96. The van der Waals surface area contributed by atoms with Crippen LogP contribution in [0, 0.1) is 16.0 Å². The number of hydrogen-bond donors (Lipinski definition) is 1. The summed E-state index contributed by atoms with van der Waals surface area (Å²) in [6.07, 6.45) is 1.20. The number of hydrogen-bond acceptors (Lipinski definition) is 5. The van der Waals surface area contributed by atoms with Gasteiger partial charge in [-0.1, -0.05) is 37.6 Å². The van der Waals surface area contributed by atoms with Crippen molar-refractivity contribution >= 4 is 23.2 Å². The number of nitro groups is 1. The highest BCUT2D eigenvalue weighted by molar-refractivity contribution is 6.30. The fourth-order valence-corrected chi connectivity index (χ4v) is 2.87. The number of nitrogens with one attached hydrogen (secondary N) is 1. The number of nitrogens with zero attached hydrogens (tertiary/aromatic N) is 2. The first-order chi connectivity index (χ1) is 12.7. The average Bonchev–Trinajstić information content (AvgIpc) is 2.62. The number of carbonyl (C=O) groups is 1. The number of halogens is 1. The molecule has 1 aromatic heterocycles. The predicted octanol–water partition coefficient (Wildman–Crippen LogP) is 2.93. The number of rotatable bonds is 7. The average molecular weight is 394 g/mol. The predicted molar refractivity (Wildman–Crippen MR) is 101 cm³/mol.